The summed E-state index contributed by atoms with van der Waals surface area (Å²) in [5.41, 5.74) is 0. The normalized spacial score (nSPS) is 26.4. The average Bonchev–Trinajstić information content (AvgIpc) is 2.48. The van der Waals surface area contributed by atoms with E-state index in [4.69, 9.17) is 16.3 Å². The molecule has 1 saturated carbocycles. The third kappa shape index (κ3) is 4.13. The van der Waals surface area contributed by atoms with Gasteiger partial charge in [0.15, 0.2) is 0 Å². The maximum atomic E-state index is 6.23. The molecule has 20 heavy (non-hydrogen) atoms. The van der Waals surface area contributed by atoms with E-state index in [0.29, 0.717) is 11.1 Å². The SMILES string of the molecule is CCCNC1CCC(CC)CC1Oc1ccccc1Cl. The highest BCUT2D eigenvalue weighted by molar-refractivity contribution is 6.32. The monoisotopic (exact) mass is 295 g/mol. The molecule has 2 nitrogen and oxygen atoms in total. The Balaban J connectivity index is 2.04. The molecule has 0 saturated heterocycles. The highest BCUT2D eigenvalue weighted by Gasteiger charge is 2.31. The fourth-order valence-electron chi connectivity index (χ4n) is 2.98. The zero-order valence-corrected chi connectivity index (χ0v) is 13.3. The molecule has 0 bridgehead atoms. The molecule has 1 N–H and O–H groups in total. The van der Waals surface area contributed by atoms with Crippen molar-refractivity contribution < 1.29 is 4.74 Å². The minimum absolute atomic E-state index is 0.236. The first-order valence-electron chi connectivity index (χ1n) is 7.89. The van der Waals surface area contributed by atoms with Crippen molar-refractivity contribution in [2.45, 2.75) is 58.1 Å². The zero-order chi connectivity index (χ0) is 14.4. The molecular weight excluding hydrogens is 270 g/mol. The predicted molar refractivity (Wildman–Crippen MR) is 85.6 cm³/mol. The summed E-state index contributed by atoms with van der Waals surface area (Å²) in [6.07, 6.45) is 6.27. The van der Waals surface area contributed by atoms with E-state index in [1.165, 1.54) is 19.3 Å². The number of ether oxygens (including phenoxy) is 1. The first kappa shape index (κ1) is 15.7. The average molecular weight is 296 g/mol. The number of nitrogens with one attached hydrogen (secondary N) is 1. The molecule has 1 aromatic carbocycles. The molecule has 0 heterocycles. The van der Waals surface area contributed by atoms with Gasteiger partial charge in [-0.15, -0.1) is 0 Å². The van der Waals surface area contributed by atoms with Crippen molar-refractivity contribution in [3.05, 3.63) is 29.3 Å². The van der Waals surface area contributed by atoms with E-state index < -0.39 is 0 Å². The third-order valence-corrected chi connectivity index (χ3v) is 4.56. The number of halogens is 1. The van der Waals surface area contributed by atoms with Crippen LogP contribution in [0.4, 0.5) is 0 Å². The molecule has 1 aromatic rings. The Kier molecular flexibility index (Phi) is 6.18. The van der Waals surface area contributed by atoms with Gasteiger partial charge in [-0.3, -0.25) is 0 Å². The molecule has 0 spiro atoms. The van der Waals surface area contributed by atoms with Crippen molar-refractivity contribution in [2.75, 3.05) is 6.54 Å². The summed E-state index contributed by atoms with van der Waals surface area (Å²) in [4.78, 5) is 0. The molecule has 3 atom stereocenters. The minimum atomic E-state index is 0.236. The summed E-state index contributed by atoms with van der Waals surface area (Å²) in [7, 11) is 0. The lowest BCUT2D eigenvalue weighted by molar-refractivity contribution is 0.0850. The van der Waals surface area contributed by atoms with E-state index in [1.807, 2.05) is 24.3 Å². The van der Waals surface area contributed by atoms with Crippen LogP contribution in [0.2, 0.25) is 5.02 Å². The van der Waals surface area contributed by atoms with Crippen LogP contribution in [-0.4, -0.2) is 18.7 Å². The van der Waals surface area contributed by atoms with E-state index in [2.05, 4.69) is 19.2 Å². The Bertz CT molecular complexity index is 410. The zero-order valence-electron chi connectivity index (χ0n) is 12.6. The van der Waals surface area contributed by atoms with Crippen molar-refractivity contribution in [1.82, 2.24) is 5.32 Å². The maximum Gasteiger partial charge on any atom is 0.138 e. The number of hydrogen-bond acceptors (Lipinski definition) is 2. The molecule has 0 aliphatic heterocycles. The Hall–Kier alpha value is -0.730. The number of rotatable bonds is 6. The van der Waals surface area contributed by atoms with Gasteiger partial charge in [0.1, 0.15) is 11.9 Å². The Morgan fingerprint density at radius 3 is 2.75 bits per heavy atom. The van der Waals surface area contributed by atoms with Crippen molar-refractivity contribution >= 4 is 11.6 Å². The van der Waals surface area contributed by atoms with Gasteiger partial charge < -0.3 is 10.1 Å². The molecule has 112 valence electrons. The smallest absolute Gasteiger partial charge is 0.138 e. The third-order valence-electron chi connectivity index (χ3n) is 4.25. The molecule has 0 radical (unpaired) electrons. The van der Waals surface area contributed by atoms with Gasteiger partial charge in [0.05, 0.1) is 5.02 Å². The lowest BCUT2D eigenvalue weighted by Crippen LogP contribution is -2.47. The van der Waals surface area contributed by atoms with Crippen molar-refractivity contribution in [1.29, 1.82) is 0 Å². The van der Waals surface area contributed by atoms with E-state index in [1.54, 1.807) is 0 Å². The quantitative estimate of drug-likeness (QED) is 0.824. The Morgan fingerprint density at radius 1 is 1.25 bits per heavy atom. The maximum absolute atomic E-state index is 6.23. The van der Waals surface area contributed by atoms with E-state index in [0.717, 1.165) is 31.1 Å². The summed E-state index contributed by atoms with van der Waals surface area (Å²) in [5.74, 6) is 1.60. The Morgan fingerprint density at radius 2 is 2.05 bits per heavy atom. The largest absolute Gasteiger partial charge is 0.487 e. The first-order valence-corrected chi connectivity index (χ1v) is 8.27. The van der Waals surface area contributed by atoms with Gasteiger partial charge in [0, 0.05) is 6.04 Å². The minimum Gasteiger partial charge on any atom is -0.487 e. The van der Waals surface area contributed by atoms with E-state index in [-0.39, 0.29) is 6.10 Å². The molecule has 0 aromatic heterocycles. The van der Waals surface area contributed by atoms with Crippen molar-refractivity contribution in [3.8, 4) is 5.75 Å². The summed E-state index contributed by atoms with van der Waals surface area (Å²) >= 11 is 6.22. The standard InChI is InChI=1S/C17H26ClNO/c1-3-11-19-15-10-9-13(4-2)12-17(15)20-16-8-6-5-7-14(16)18/h5-8,13,15,17,19H,3-4,9-12H2,1-2H3. The molecule has 0 amide bonds. The molecular formula is C17H26ClNO. The summed E-state index contributed by atoms with van der Waals surface area (Å²) in [5, 5.41) is 4.35. The van der Waals surface area contributed by atoms with Crippen LogP contribution in [0.25, 0.3) is 0 Å². The molecule has 2 rings (SSSR count). The van der Waals surface area contributed by atoms with Gasteiger partial charge in [-0.2, -0.15) is 0 Å². The highest BCUT2D eigenvalue weighted by Crippen LogP contribution is 2.32. The van der Waals surface area contributed by atoms with Crippen LogP contribution in [0.5, 0.6) is 5.75 Å². The van der Waals surface area contributed by atoms with Crippen LogP contribution in [-0.2, 0) is 0 Å². The number of hydrogen-bond donors (Lipinski definition) is 1. The topological polar surface area (TPSA) is 21.3 Å². The number of benzene rings is 1. The second kappa shape index (κ2) is 7.90. The summed E-state index contributed by atoms with van der Waals surface area (Å²) in [6.45, 7) is 5.54. The predicted octanol–water partition coefficient (Wildman–Crippen LogP) is 4.67. The lowest BCUT2D eigenvalue weighted by atomic mass is 9.82. The van der Waals surface area contributed by atoms with Gasteiger partial charge in [0.25, 0.3) is 0 Å². The molecule has 1 aliphatic rings. The molecule has 3 heteroatoms. The summed E-state index contributed by atoms with van der Waals surface area (Å²) in [6, 6.07) is 8.24. The summed E-state index contributed by atoms with van der Waals surface area (Å²) < 4.78 is 6.23. The number of para-hydroxylation sites is 1. The van der Waals surface area contributed by atoms with Crippen LogP contribution in [0.1, 0.15) is 46.0 Å². The van der Waals surface area contributed by atoms with Crippen LogP contribution in [0, 0.1) is 5.92 Å². The molecule has 3 unspecified atom stereocenters. The van der Waals surface area contributed by atoms with Crippen molar-refractivity contribution in [3.63, 3.8) is 0 Å². The van der Waals surface area contributed by atoms with Crippen LogP contribution in [0.15, 0.2) is 24.3 Å². The van der Waals surface area contributed by atoms with Gasteiger partial charge in [-0.25, -0.2) is 0 Å². The van der Waals surface area contributed by atoms with E-state index >= 15 is 0 Å². The highest BCUT2D eigenvalue weighted by atomic mass is 35.5. The van der Waals surface area contributed by atoms with Gasteiger partial charge in [-0.05, 0) is 50.3 Å². The van der Waals surface area contributed by atoms with Gasteiger partial charge in [0.2, 0.25) is 0 Å². The second-order valence-electron chi connectivity index (χ2n) is 5.73. The second-order valence-corrected chi connectivity index (χ2v) is 6.14. The van der Waals surface area contributed by atoms with E-state index in [9.17, 15) is 0 Å². The molecule has 1 aliphatic carbocycles. The molecule has 1 fully saturated rings. The van der Waals surface area contributed by atoms with Gasteiger partial charge in [-0.1, -0.05) is 44.0 Å². The van der Waals surface area contributed by atoms with Crippen molar-refractivity contribution in [2.24, 2.45) is 5.92 Å². The van der Waals surface area contributed by atoms with Gasteiger partial charge >= 0.3 is 0 Å². The first-order chi connectivity index (χ1) is 9.74. The fraction of sp³-hybridized carbons (Fsp3) is 0.647. The Labute approximate surface area is 127 Å². The van der Waals surface area contributed by atoms with Crippen LogP contribution in [0.3, 0.4) is 0 Å². The van der Waals surface area contributed by atoms with Crippen LogP contribution < -0.4 is 10.1 Å². The van der Waals surface area contributed by atoms with Crippen LogP contribution >= 0.6 is 11.6 Å². The fourth-order valence-corrected chi connectivity index (χ4v) is 3.16. The lowest BCUT2D eigenvalue weighted by Gasteiger charge is -2.36.